The summed E-state index contributed by atoms with van der Waals surface area (Å²) in [5.74, 6) is 1.11. The molecule has 0 N–H and O–H groups in total. The van der Waals surface area contributed by atoms with Gasteiger partial charge in [-0.05, 0) is 48.7 Å². The predicted molar refractivity (Wildman–Crippen MR) is 89.3 cm³/mol. The van der Waals surface area contributed by atoms with E-state index in [1.807, 2.05) is 12.1 Å². The largest absolute Gasteiger partial charge is 0.497 e. The van der Waals surface area contributed by atoms with Crippen LogP contribution in [-0.4, -0.2) is 20.0 Å². The quantitative estimate of drug-likeness (QED) is 0.734. The third-order valence-electron chi connectivity index (χ3n) is 3.57. The fraction of sp³-hybridized carbons (Fsp3) is 0.316. The maximum atomic E-state index is 14.1. The van der Waals surface area contributed by atoms with Crippen molar-refractivity contribution in [3.05, 3.63) is 53.3 Å². The van der Waals surface area contributed by atoms with E-state index >= 15 is 0 Å². The molecular formula is C19H21FO4. The number of carbonyl (C=O) groups is 1. The first kappa shape index (κ1) is 17.8. The fourth-order valence-corrected chi connectivity index (χ4v) is 2.25. The number of hydrogen-bond donors (Lipinski definition) is 0. The van der Waals surface area contributed by atoms with Gasteiger partial charge in [-0.3, -0.25) is 0 Å². The van der Waals surface area contributed by atoms with Gasteiger partial charge in [-0.2, -0.15) is 0 Å². The second-order valence-electron chi connectivity index (χ2n) is 5.48. The minimum atomic E-state index is -0.439. The summed E-state index contributed by atoms with van der Waals surface area (Å²) in [6, 6.07) is 10.1. The lowest BCUT2D eigenvalue weighted by molar-refractivity contribution is -0.116. The molecule has 0 spiro atoms. The first-order valence-electron chi connectivity index (χ1n) is 7.64. The summed E-state index contributed by atoms with van der Waals surface area (Å²) < 4.78 is 30.1. The van der Waals surface area contributed by atoms with E-state index in [1.165, 1.54) is 13.0 Å². The number of benzene rings is 2. The summed E-state index contributed by atoms with van der Waals surface area (Å²) in [6.45, 7) is 1.72. The molecule has 0 aliphatic heterocycles. The average molecular weight is 332 g/mol. The van der Waals surface area contributed by atoms with Crippen molar-refractivity contribution < 1.29 is 23.4 Å². The van der Waals surface area contributed by atoms with Crippen molar-refractivity contribution in [1.29, 1.82) is 0 Å². The van der Waals surface area contributed by atoms with E-state index in [0.29, 0.717) is 24.3 Å². The second-order valence-corrected chi connectivity index (χ2v) is 5.48. The standard InChI is InChI=1S/C19H21FO4/c1-13(21)4-5-14-6-7-19(18(20)10-14)24-12-15-8-16(22-2)11-17(9-15)23-3/h6-11H,4-5,12H2,1-3H3. The number of ketones is 1. The van der Waals surface area contributed by atoms with Crippen molar-refractivity contribution in [1.82, 2.24) is 0 Å². The van der Waals surface area contributed by atoms with Crippen molar-refractivity contribution >= 4 is 5.78 Å². The molecule has 128 valence electrons. The van der Waals surface area contributed by atoms with Gasteiger partial charge < -0.3 is 19.0 Å². The van der Waals surface area contributed by atoms with Gasteiger partial charge in [0.2, 0.25) is 0 Å². The molecule has 2 rings (SSSR count). The lowest BCUT2D eigenvalue weighted by atomic mass is 10.1. The van der Waals surface area contributed by atoms with Crippen LogP contribution in [0.25, 0.3) is 0 Å². The lowest BCUT2D eigenvalue weighted by Gasteiger charge is -2.11. The van der Waals surface area contributed by atoms with E-state index in [9.17, 15) is 9.18 Å². The molecule has 0 atom stereocenters. The number of hydrogen-bond acceptors (Lipinski definition) is 4. The van der Waals surface area contributed by atoms with Gasteiger partial charge in [0.1, 0.15) is 23.9 Å². The van der Waals surface area contributed by atoms with Gasteiger partial charge in [0, 0.05) is 12.5 Å². The summed E-state index contributed by atoms with van der Waals surface area (Å²) in [4.78, 5) is 11.0. The highest BCUT2D eigenvalue weighted by Crippen LogP contribution is 2.25. The molecule has 0 saturated carbocycles. The zero-order valence-corrected chi connectivity index (χ0v) is 14.1. The van der Waals surface area contributed by atoms with Gasteiger partial charge in [0.15, 0.2) is 11.6 Å². The van der Waals surface area contributed by atoms with E-state index in [1.54, 1.807) is 32.4 Å². The molecule has 0 amide bonds. The average Bonchev–Trinajstić information content (AvgIpc) is 2.58. The number of rotatable bonds is 8. The Morgan fingerprint density at radius 2 is 1.67 bits per heavy atom. The molecule has 0 aliphatic carbocycles. The van der Waals surface area contributed by atoms with E-state index in [0.717, 1.165) is 11.1 Å². The Balaban J connectivity index is 2.05. The van der Waals surface area contributed by atoms with Crippen molar-refractivity contribution in [2.45, 2.75) is 26.4 Å². The summed E-state index contributed by atoms with van der Waals surface area (Å²) in [6.07, 6.45) is 0.933. The highest BCUT2D eigenvalue weighted by molar-refractivity contribution is 5.75. The molecule has 24 heavy (non-hydrogen) atoms. The van der Waals surface area contributed by atoms with Crippen molar-refractivity contribution in [2.75, 3.05) is 14.2 Å². The SMILES string of the molecule is COc1cc(COc2ccc(CCC(C)=O)cc2F)cc(OC)c1. The fourth-order valence-electron chi connectivity index (χ4n) is 2.25. The Kier molecular flexibility index (Phi) is 6.18. The maximum absolute atomic E-state index is 14.1. The highest BCUT2D eigenvalue weighted by Gasteiger charge is 2.08. The van der Waals surface area contributed by atoms with Crippen LogP contribution in [-0.2, 0) is 17.8 Å². The van der Waals surface area contributed by atoms with Crippen molar-refractivity contribution in [2.24, 2.45) is 0 Å². The molecule has 0 saturated heterocycles. The minimum absolute atomic E-state index is 0.0858. The Hall–Kier alpha value is -2.56. The van der Waals surface area contributed by atoms with Crippen LogP contribution in [0.5, 0.6) is 17.2 Å². The molecular weight excluding hydrogens is 311 g/mol. The Labute approximate surface area is 141 Å². The number of halogens is 1. The van der Waals surface area contributed by atoms with E-state index in [2.05, 4.69) is 0 Å². The van der Waals surface area contributed by atoms with Gasteiger partial charge in [0.25, 0.3) is 0 Å². The predicted octanol–water partition coefficient (Wildman–Crippen LogP) is 3.94. The molecule has 4 nitrogen and oxygen atoms in total. The minimum Gasteiger partial charge on any atom is -0.497 e. The smallest absolute Gasteiger partial charge is 0.165 e. The summed E-state index contributed by atoms with van der Waals surface area (Å²) in [7, 11) is 3.14. The van der Waals surface area contributed by atoms with E-state index in [4.69, 9.17) is 14.2 Å². The molecule has 0 fully saturated rings. The summed E-state index contributed by atoms with van der Waals surface area (Å²) in [5.41, 5.74) is 1.59. The zero-order chi connectivity index (χ0) is 17.5. The van der Waals surface area contributed by atoms with E-state index < -0.39 is 5.82 Å². The monoisotopic (exact) mass is 332 g/mol. The molecule has 2 aromatic carbocycles. The van der Waals surface area contributed by atoms with Crippen molar-refractivity contribution in [3.8, 4) is 17.2 Å². The third-order valence-corrected chi connectivity index (χ3v) is 3.57. The van der Waals surface area contributed by atoms with Crippen LogP contribution in [0, 0.1) is 5.82 Å². The van der Waals surface area contributed by atoms with Crippen LogP contribution in [0.4, 0.5) is 4.39 Å². The molecule has 0 bridgehead atoms. The van der Waals surface area contributed by atoms with E-state index in [-0.39, 0.29) is 18.1 Å². The van der Waals surface area contributed by atoms with Gasteiger partial charge >= 0.3 is 0 Å². The van der Waals surface area contributed by atoms with Crippen LogP contribution in [0.2, 0.25) is 0 Å². The Morgan fingerprint density at radius 3 is 2.21 bits per heavy atom. The normalized spacial score (nSPS) is 10.3. The number of Topliss-reactive ketones (excluding diaryl/α,β-unsaturated/α-hetero) is 1. The molecule has 0 radical (unpaired) electrons. The molecule has 0 aliphatic rings. The number of ether oxygens (including phenoxy) is 3. The third kappa shape index (κ3) is 4.98. The highest BCUT2D eigenvalue weighted by atomic mass is 19.1. The van der Waals surface area contributed by atoms with Gasteiger partial charge in [-0.1, -0.05) is 6.07 Å². The zero-order valence-electron chi connectivity index (χ0n) is 14.1. The van der Waals surface area contributed by atoms with Gasteiger partial charge in [-0.15, -0.1) is 0 Å². The number of aryl methyl sites for hydroxylation is 1. The summed E-state index contributed by atoms with van der Waals surface area (Å²) in [5, 5.41) is 0. The second kappa shape index (κ2) is 8.34. The van der Waals surface area contributed by atoms with Gasteiger partial charge in [-0.25, -0.2) is 4.39 Å². The summed E-state index contributed by atoms with van der Waals surface area (Å²) >= 11 is 0. The lowest BCUT2D eigenvalue weighted by Crippen LogP contribution is -2.00. The number of carbonyl (C=O) groups excluding carboxylic acids is 1. The van der Waals surface area contributed by atoms with Crippen LogP contribution >= 0.6 is 0 Å². The maximum Gasteiger partial charge on any atom is 0.165 e. The number of methoxy groups -OCH3 is 2. The Bertz CT molecular complexity index is 690. The Morgan fingerprint density at radius 1 is 1.00 bits per heavy atom. The van der Waals surface area contributed by atoms with Crippen molar-refractivity contribution in [3.63, 3.8) is 0 Å². The topological polar surface area (TPSA) is 44.8 Å². The van der Waals surface area contributed by atoms with Crippen LogP contribution in [0.3, 0.4) is 0 Å². The molecule has 2 aromatic rings. The van der Waals surface area contributed by atoms with Crippen LogP contribution < -0.4 is 14.2 Å². The molecule has 0 unspecified atom stereocenters. The van der Waals surface area contributed by atoms with Crippen LogP contribution in [0.1, 0.15) is 24.5 Å². The first-order chi connectivity index (χ1) is 11.5. The molecule has 0 heterocycles. The van der Waals surface area contributed by atoms with Gasteiger partial charge in [0.05, 0.1) is 14.2 Å². The first-order valence-corrected chi connectivity index (χ1v) is 7.64. The van der Waals surface area contributed by atoms with Crippen LogP contribution in [0.15, 0.2) is 36.4 Å². The molecule has 5 heteroatoms. The molecule has 0 aromatic heterocycles.